The summed E-state index contributed by atoms with van der Waals surface area (Å²) in [5, 5.41) is 0. The van der Waals surface area contributed by atoms with E-state index in [0.29, 0.717) is 13.1 Å². The first-order valence-corrected chi connectivity index (χ1v) is 4.80. The molecule has 0 heterocycles. The van der Waals surface area contributed by atoms with Crippen molar-refractivity contribution in [1.82, 2.24) is 0 Å². The highest BCUT2D eigenvalue weighted by molar-refractivity contribution is 7.85. The van der Waals surface area contributed by atoms with Crippen molar-refractivity contribution >= 4 is 10.1 Å². The SMILES string of the molecule is C[N+](C)(CCN)CS(=O)(=O)[O-]. The van der Waals surface area contributed by atoms with Gasteiger partial charge in [0.05, 0.1) is 20.6 Å². The van der Waals surface area contributed by atoms with Gasteiger partial charge in [-0.05, 0) is 0 Å². The molecule has 0 fully saturated rings. The summed E-state index contributed by atoms with van der Waals surface area (Å²) in [5.74, 6) is -0.399. The highest BCUT2D eigenvalue weighted by Crippen LogP contribution is 1.98. The molecule has 5 nitrogen and oxygen atoms in total. The largest absolute Gasteiger partial charge is 0.744 e. The zero-order valence-electron chi connectivity index (χ0n) is 6.78. The molecule has 0 spiro atoms. The van der Waals surface area contributed by atoms with Gasteiger partial charge in [0.15, 0.2) is 5.88 Å². The first-order chi connectivity index (χ1) is 4.77. The Morgan fingerprint density at radius 2 is 1.91 bits per heavy atom. The van der Waals surface area contributed by atoms with Crippen molar-refractivity contribution in [2.75, 3.05) is 33.1 Å². The maximum Gasteiger partial charge on any atom is 0.168 e. The Bertz CT molecular complexity index is 210. The first kappa shape index (κ1) is 10.8. The van der Waals surface area contributed by atoms with E-state index in [1.807, 2.05) is 0 Å². The van der Waals surface area contributed by atoms with Crippen LogP contribution >= 0.6 is 0 Å². The van der Waals surface area contributed by atoms with E-state index in [9.17, 15) is 13.0 Å². The molecule has 0 aliphatic rings. The fourth-order valence-electron chi connectivity index (χ4n) is 0.842. The summed E-state index contributed by atoms with van der Waals surface area (Å²) in [6.45, 7) is 0.865. The monoisotopic (exact) mass is 182 g/mol. The van der Waals surface area contributed by atoms with Gasteiger partial charge in [0.1, 0.15) is 10.1 Å². The number of hydrogen-bond acceptors (Lipinski definition) is 4. The van der Waals surface area contributed by atoms with Gasteiger partial charge in [-0.2, -0.15) is 0 Å². The van der Waals surface area contributed by atoms with Crippen LogP contribution < -0.4 is 5.73 Å². The molecule has 0 aliphatic carbocycles. The van der Waals surface area contributed by atoms with Crippen molar-refractivity contribution in [3.8, 4) is 0 Å². The second kappa shape index (κ2) is 3.48. The molecule has 0 unspecified atom stereocenters. The summed E-state index contributed by atoms with van der Waals surface area (Å²) >= 11 is 0. The van der Waals surface area contributed by atoms with Crippen LogP contribution in [-0.4, -0.2) is 50.5 Å². The Hall–Kier alpha value is -0.170. The van der Waals surface area contributed by atoms with Crippen LogP contribution in [0.4, 0.5) is 0 Å². The van der Waals surface area contributed by atoms with Crippen LogP contribution in [-0.2, 0) is 10.1 Å². The minimum atomic E-state index is -4.14. The maximum atomic E-state index is 10.3. The van der Waals surface area contributed by atoms with E-state index in [1.165, 1.54) is 0 Å². The molecule has 0 radical (unpaired) electrons. The Morgan fingerprint density at radius 3 is 2.18 bits per heavy atom. The molecular weight excluding hydrogens is 168 g/mol. The van der Waals surface area contributed by atoms with E-state index >= 15 is 0 Å². The summed E-state index contributed by atoms with van der Waals surface area (Å²) in [7, 11) is -0.827. The lowest BCUT2D eigenvalue weighted by atomic mass is 10.5. The van der Waals surface area contributed by atoms with Gasteiger partial charge in [0, 0.05) is 6.54 Å². The molecule has 0 rings (SSSR count). The quantitative estimate of drug-likeness (QED) is 0.425. The highest BCUT2D eigenvalue weighted by Gasteiger charge is 2.16. The van der Waals surface area contributed by atoms with Gasteiger partial charge in [-0.3, -0.25) is 0 Å². The van der Waals surface area contributed by atoms with E-state index in [1.54, 1.807) is 14.1 Å². The number of quaternary nitrogens is 1. The minimum absolute atomic E-state index is 0.127. The van der Waals surface area contributed by atoms with Crippen LogP contribution in [0.1, 0.15) is 0 Å². The van der Waals surface area contributed by atoms with E-state index < -0.39 is 16.0 Å². The minimum Gasteiger partial charge on any atom is -0.744 e. The topological polar surface area (TPSA) is 83.2 Å². The molecule has 6 heteroatoms. The Labute approximate surface area is 67.1 Å². The smallest absolute Gasteiger partial charge is 0.168 e. The van der Waals surface area contributed by atoms with Gasteiger partial charge in [0.2, 0.25) is 0 Å². The van der Waals surface area contributed by atoms with Crippen molar-refractivity contribution in [1.29, 1.82) is 0 Å². The summed E-state index contributed by atoms with van der Waals surface area (Å²) in [5.41, 5.74) is 5.22. The first-order valence-electron chi connectivity index (χ1n) is 3.22. The summed E-state index contributed by atoms with van der Waals surface area (Å²) in [6.07, 6.45) is 0. The van der Waals surface area contributed by atoms with Gasteiger partial charge >= 0.3 is 0 Å². The van der Waals surface area contributed by atoms with Gasteiger partial charge in [0.25, 0.3) is 0 Å². The van der Waals surface area contributed by atoms with Gasteiger partial charge < -0.3 is 14.8 Å². The molecule has 0 atom stereocenters. The predicted octanol–water partition coefficient (Wildman–Crippen LogP) is -1.48. The number of hydrogen-bond donors (Lipinski definition) is 1. The molecule has 0 saturated carbocycles. The van der Waals surface area contributed by atoms with E-state index in [-0.39, 0.29) is 4.48 Å². The molecule has 11 heavy (non-hydrogen) atoms. The Morgan fingerprint density at radius 1 is 1.45 bits per heavy atom. The summed E-state index contributed by atoms with van der Waals surface area (Å²) in [4.78, 5) is 0. The summed E-state index contributed by atoms with van der Waals surface area (Å²) in [6, 6.07) is 0. The lowest BCUT2D eigenvalue weighted by molar-refractivity contribution is -0.877. The fraction of sp³-hybridized carbons (Fsp3) is 1.00. The third-order valence-electron chi connectivity index (χ3n) is 1.24. The molecule has 0 bridgehead atoms. The zero-order chi connectivity index (χ0) is 9.12. The third kappa shape index (κ3) is 6.24. The van der Waals surface area contributed by atoms with Gasteiger partial charge in [-0.15, -0.1) is 0 Å². The van der Waals surface area contributed by atoms with Crippen LogP contribution in [0.5, 0.6) is 0 Å². The molecule has 0 amide bonds. The van der Waals surface area contributed by atoms with Crippen LogP contribution in [0.25, 0.3) is 0 Å². The third-order valence-corrected chi connectivity index (χ3v) is 2.26. The highest BCUT2D eigenvalue weighted by atomic mass is 32.2. The summed E-state index contributed by atoms with van der Waals surface area (Å²) < 4.78 is 31.1. The lowest BCUT2D eigenvalue weighted by Gasteiger charge is -2.29. The zero-order valence-corrected chi connectivity index (χ0v) is 7.60. The van der Waals surface area contributed by atoms with Crippen molar-refractivity contribution in [2.24, 2.45) is 5.73 Å². The molecule has 0 aromatic carbocycles. The van der Waals surface area contributed by atoms with Gasteiger partial charge in [-0.1, -0.05) is 0 Å². The van der Waals surface area contributed by atoms with Crippen molar-refractivity contribution < 1.29 is 17.5 Å². The van der Waals surface area contributed by atoms with Crippen LogP contribution in [0, 0.1) is 0 Å². The number of nitrogens with two attached hydrogens (primary N) is 1. The van der Waals surface area contributed by atoms with E-state index in [2.05, 4.69) is 0 Å². The molecule has 0 aliphatic heterocycles. The van der Waals surface area contributed by atoms with Crippen molar-refractivity contribution in [3.05, 3.63) is 0 Å². The number of likely N-dealkylation sites (N-methyl/N-ethyl adjacent to an activating group) is 1. The molecule has 68 valence electrons. The number of nitrogens with zero attached hydrogens (tertiary/aromatic N) is 1. The number of rotatable bonds is 4. The second-order valence-corrected chi connectivity index (χ2v) is 4.51. The normalized spacial score (nSPS) is 13.5. The van der Waals surface area contributed by atoms with Crippen molar-refractivity contribution in [3.63, 3.8) is 0 Å². The molecular formula is C5H14N2O3S. The van der Waals surface area contributed by atoms with Crippen LogP contribution in [0.3, 0.4) is 0 Å². The average molecular weight is 182 g/mol. The van der Waals surface area contributed by atoms with E-state index in [4.69, 9.17) is 5.73 Å². The molecule has 2 N–H and O–H groups in total. The predicted molar refractivity (Wildman–Crippen MR) is 40.6 cm³/mol. The lowest BCUT2D eigenvalue weighted by Crippen LogP contribution is -2.46. The molecule has 0 aromatic heterocycles. The van der Waals surface area contributed by atoms with Crippen LogP contribution in [0.15, 0.2) is 0 Å². The van der Waals surface area contributed by atoms with Crippen molar-refractivity contribution in [2.45, 2.75) is 0 Å². The molecule has 0 aromatic rings. The molecule has 0 saturated heterocycles. The Balaban J connectivity index is 4.13. The fourth-order valence-corrected chi connectivity index (χ4v) is 1.83. The van der Waals surface area contributed by atoms with E-state index in [0.717, 1.165) is 0 Å². The Kier molecular flexibility index (Phi) is 3.43. The standard InChI is InChI=1S/C5H14N2O3S/c1-7(2,4-3-6)5-11(8,9)10/h3-6H2,1-2H3. The maximum absolute atomic E-state index is 10.3. The average Bonchev–Trinajstić information content (AvgIpc) is 1.55. The second-order valence-electron chi connectivity index (χ2n) is 3.13. The van der Waals surface area contributed by atoms with Gasteiger partial charge in [-0.25, -0.2) is 8.42 Å². The van der Waals surface area contributed by atoms with Crippen LogP contribution in [0.2, 0.25) is 0 Å².